The lowest BCUT2D eigenvalue weighted by atomic mass is 9.85. The second-order valence-corrected chi connectivity index (χ2v) is 8.00. The zero-order chi connectivity index (χ0) is 18.2. The van der Waals surface area contributed by atoms with Gasteiger partial charge in [0, 0.05) is 25.4 Å². The average Bonchev–Trinajstić information content (AvgIpc) is 3.00. The molecular formula is C17H18FN3O3S. The van der Waals surface area contributed by atoms with Crippen LogP contribution in [0.15, 0.2) is 29.3 Å². The van der Waals surface area contributed by atoms with Crippen LogP contribution in [0.2, 0.25) is 0 Å². The van der Waals surface area contributed by atoms with E-state index in [4.69, 9.17) is 10.00 Å². The number of nitrogens with one attached hydrogen (secondary N) is 2. The largest absolute Gasteiger partial charge is 0.378 e. The Hall–Kier alpha value is -2.37. The van der Waals surface area contributed by atoms with Gasteiger partial charge in [0.2, 0.25) is 0 Å². The van der Waals surface area contributed by atoms with E-state index in [-0.39, 0.29) is 21.7 Å². The summed E-state index contributed by atoms with van der Waals surface area (Å²) >= 11 is 0. The summed E-state index contributed by atoms with van der Waals surface area (Å²) < 4.78 is 47.1. The molecular weight excluding hydrogens is 345 g/mol. The zero-order valence-electron chi connectivity index (χ0n) is 13.9. The summed E-state index contributed by atoms with van der Waals surface area (Å²) in [7, 11) is -2.30. The van der Waals surface area contributed by atoms with E-state index in [1.165, 1.54) is 18.3 Å². The molecule has 0 radical (unpaired) electrons. The van der Waals surface area contributed by atoms with Gasteiger partial charge in [0.05, 0.1) is 22.9 Å². The molecule has 0 spiro atoms. The molecule has 132 valence electrons. The predicted molar refractivity (Wildman–Crippen MR) is 90.2 cm³/mol. The Morgan fingerprint density at radius 2 is 2.20 bits per heavy atom. The van der Waals surface area contributed by atoms with Gasteiger partial charge in [0.15, 0.2) is 0 Å². The van der Waals surface area contributed by atoms with Crippen LogP contribution < -0.4 is 4.72 Å². The van der Waals surface area contributed by atoms with E-state index in [0.717, 1.165) is 11.8 Å². The Morgan fingerprint density at radius 1 is 1.44 bits per heavy atom. The molecule has 1 heterocycles. The third-order valence-electron chi connectivity index (χ3n) is 4.62. The van der Waals surface area contributed by atoms with Gasteiger partial charge in [0.1, 0.15) is 10.7 Å². The summed E-state index contributed by atoms with van der Waals surface area (Å²) in [5.74, 6) is -0.793. The number of H-pyrrole nitrogens is 1. The highest BCUT2D eigenvalue weighted by Crippen LogP contribution is 2.34. The van der Waals surface area contributed by atoms with E-state index < -0.39 is 15.8 Å². The summed E-state index contributed by atoms with van der Waals surface area (Å²) in [5, 5.41) is 8.76. The van der Waals surface area contributed by atoms with Crippen molar-refractivity contribution >= 4 is 15.7 Å². The van der Waals surface area contributed by atoms with Gasteiger partial charge in [-0.25, -0.2) is 12.8 Å². The van der Waals surface area contributed by atoms with Crippen molar-refractivity contribution in [1.29, 1.82) is 5.26 Å². The van der Waals surface area contributed by atoms with Gasteiger partial charge in [-0.15, -0.1) is 0 Å². The highest BCUT2D eigenvalue weighted by molar-refractivity contribution is 7.92. The zero-order valence-corrected chi connectivity index (χ0v) is 14.7. The lowest BCUT2D eigenvalue weighted by molar-refractivity contribution is -0.00587. The lowest BCUT2D eigenvalue weighted by Crippen LogP contribution is -2.34. The molecule has 0 saturated carbocycles. The summed E-state index contributed by atoms with van der Waals surface area (Å²) in [6.45, 7) is 1.98. The van der Waals surface area contributed by atoms with E-state index in [0.29, 0.717) is 24.8 Å². The maximum Gasteiger partial charge on any atom is 0.263 e. The van der Waals surface area contributed by atoms with Gasteiger partial charge in [-0.2, -0.15) is 5.26 Å². The second-order valence-electron chi connectivity index (χ2n) is 6.35. The van der Waals surface area contributed by atoms with Crippen LogP contribution in [0.5, 0.6) is 0 Å². The Morgan fingerprint density at radius 3 is 2.84 bits per heavy atom. The minimum atomic E-state index is -3.94. The summed E-state index contributed by atoms with van der Waals surface area (Å²) in [4.78, 5) is 3.12. The number of sulfonamides is 1. The quantitative estimate of drug-likeness (QED) is 0.873. The van der Waals surface area contributed by atoms with Gasteiger partial charge in [-0.1, -0.05) is 0 Å². The Labute approximate surface area is 145 Å². The highest BCUT2D eigenvalue weighted by Gasteiger charge is 2.34. The Balaban J connectivity index is 1.91. The van der Waals surface area contributed by atoms with Gasteiger partial charge in [0.25, 0.3) is 10.0 Å². The molecule has 1 aliphatic carbocycles. The maximum absolute atomic E-state index is 14.0. The minimum absolute atomic E-state index is 0.115. The van der Waals surface area contributed by atoms with Crippen molar-refractivity contribution in [3.8, 4) is 6.07 Å². The van der Waals surface area contributed by atoms with Gasteiger partial charge >= 0.3 is 0 Å². The SMILES string of the molecule is COC1(C)CCc2c(S(=O)(=O)Nc3ccc(C#N)cc3F)c[nH]c2C1. The molecule has 25 heavy (non-hydrogen) atoms. The molecule has 0 aliphatic heterocycles. The van der Waals surface area contributed by atoms with Crippen LogP contribution in [0.25, 0.3) is 0 Å². The van der Waals surface area contributed by atoms with E-state index in [2.05, 4.69) is 9.71 Å². The summed E-state index contributed by atoms with van der Waals surface area (Å²) in [6, 6.07) is 5.40. The highest BCUT2D eigenvalue weighted by atomic mass is 32.2. The molecule has 1 unspecified atom stereocenters. The van der Waals surface area contributed by atoms with Crippen LogP contribution in [0.3, 0.4) is 0 Å². The number of methoxy groups -OCH3 is 1. The van der Waals surface area contributed by atoms with E-state index in [1.807, 2.05) is 6.92 Å². The van der Waals surface area contributed by atoms with Gasteiger partial charge < -0.3 is 9.72 Å². The molecule has 1 aromatic heterocycles. The first kappa shape index (κ1) is 17.5. The van der Waals surface area contributed by atoms with Crippen molar-refractivity contribution in [3.63, 3.8) is 0 Å². The maximum atomic E-state index is 14.0. The standard InChI is InChI=1S/C17H18FN3O3S/c1-17(24-2)6-5-12-15(8-17)20-10-16(12)25(22,23)21-14-4-3-11(9-19)7-13(14)18/h3-4,7,10,20-21H,5-6,8H2,1-2H3. The molecule has 6 nitrogen and oxygen atoms in total. The number of nitrogens with zero attached hydrogens (tertiary/aromatic N) is 1. The fourth-order valence-corrected chi connectivity index (χ4v) is 4.37. The van der Waals surface area contributed by atoms with Crippen LogP contribution >= 0.6 is 0 Å². The lowest BCUT2D eigenvalue weighted by Gasteiger charge is -2.32. The molecule has 2 aromatic rings. The van der Waals surface area contributed by atoms with Gasteiger partial charge in [-0.3, -0.25) is 4.72 Å². The van der Waals surface area contributed by atoms with Crippen molar-refractivity contribution in [2.24, 2.45) is 0 Å². The summed E-state index contributed by atoms with van der Waals surface area (Å²) in [5.41, 5.74) is 1.13. The fraction of sp³-hybridized carbons (Fsp3) is 0.353. The number of aromatic amines is 1. The number of hydrogen-bond donors (Lipinski definition) is 2. The molecule has 3 rings (SSSR count). The number of fused-ring (bicyclic) bond motifs is 1. The number of anilines is 1. The fourth-order valence-electron chi connectivity index (χ4n) is 3.04. The molecule has 0 amide bonds. The number of halogens is 1. The molecule has 1 aliphatic rings. The smallest absolute Gasteiger partial charge is 0.263 e. The number of nitriles is 1. The predicted octanol–water partition coefficient (Wildman–Crippen LogP) is 2.72. The monoisotopic (exact) mass is 363 g/mol. The van der Waals surface area contributed by atoms with Crippen LogP contribution in [0.4, 0.5) is 10.1 Å². The van der Waals surface area contributed by atoms with Crippen molar-refractivity contribution in [2.75, 3.05) is 11.8 Å². The molecule has 1 aromatic carbocycles. The number of hydrogen-bond acceptors (Lipinski definition) is 4. The van der Waals surface area contributed by atoms with E-state index >= 15 is 0 Å². The van der Waals surface area contributed by atoms with Crippen molar-refractivity contribution in [1.82, 2.24) is 4.98 Å². The topological polar surface area (TPSA) is 95.0 Å². The number of benzene rings is 1. The van der Waals surface area contributed by atoms with Crippen LogP contribution in [0.1, 0.15) is 30.2 Å². The second kappa shape index (κ2) is 6.17. The van der Waals surface area contributed by atoms with Crippen LogP contribution in [0, 0.1) is 17.1 Å². The number of rotatable bonds is 4. The Kier molecular flexibility index (Phi) is 4.31. The number of ether oxygens (including phenoxy) is 1. The van der Waals surface area contributed by atoms with E-state index in [9.17, 15) is 12.8 Å². The molecule has 2 N–H and O–H groups in total. The molecule has 0 fully saturated rings. The van der Waals surface area contributed by atoms with Crippen molar-refractivity contribution in [2.45, 2.75) is 36.7 Å². The molecule has 0 bridgehead atoms. The third-order valence-corrected chi connectivity index (χ3v) is 6.05. The van der Waals surface area contributed by atoms with Crippen LogP contribution in [-0.4, -0.2) is 26.1 Å². The third kappa shape index (κ3) is 3.25. The normalized spacial score (nSPS) is 19.9. The van der Waals surface area contributed by atoms with Gasteiger partial charge in [-0.05, 0) is 43.5 Å². The minimum Gasteiger partial charge on any atom is -0.378 e. The molecule has 0 saturated heterocycles. The van der Waals surface area contributed by atoms with Crippen molar-refractivity contribution in [3.05, 3.63) is 47.0 Å². The average molecular weight is 363 g/mol. The Bertz CT molecular complexity index is 962. The molecule has 1 atom stereocenters. The summed E-state index contributed by atoms with van der Waals surface area (Å²) in [6.07, 6.45) is 3.26. The first-order valence-electron chi connectivity index (χ1n) is 7.75. The van der Waals surface area contributed by atoms with Crippen molar-refractivity contribution < 1.29 is 17.5 Å². The van der Waals surface area contributed by atoms with Crippen LogP contribution in [-0.2, 0) is 27.6 Å². The number of aromatic nitrogens is 1. The van der Waals surface area contributed by atoms with E-state index in [1.54, 1.807) is 13.2 Å². The molecule has 8 heteroatoms. The first-order valence-corrected chi connectivity index (χ1v) is 9.23. The first-order chi connectivity index (χ1) is 11.8.